The Labute approximate surface area is 322 Å². The molecule has 1 unspecified atom stereocenters. The molecule has 3 aliphatic heterocycles. The van der Waals surface area contributed by atoms with Crippen molar-refractivity contribution in [1.82, 2.24) is 19.6 Å². The number of methoxy groups -OCH3 is 2. The molecule has 3 aliphatic rings. The molecule has 0 bridgehead atoms. The first kappa shape index (κ1) is 41.7. The second kappa shape index (κ2) is 16.4. The van der Waals surface area contributed by atoms with Crippen LogP contribution in [0.15, 0.2) is 65.6 Å². The largest absolute Gasteiger partial charge is 0.497 e. The maximum Gasteiger partial charge on any atom is 0.490 e. The lowest BCUT2D eigenvalue weighted by atomic mass is 9.80. The molecular formula is C37H43ClF3N5O8S. The SMILES string of the molecule is COc1ccc(S(=O)(=O)N2C(=O)[C@](c3cc(CN4CCN(C)CC4)ccc3OC)(N3CCCC3C(=O)N(C)C)c3cc(Cl)ccc32)cc1.O=C(O)C(F)(F)F. The van der Waals surface area contributed by atoms with Crippen molar-refractivity contribution >= 4 is 45.1 Å². The van der Waals surface area contributed by atoms with Gasteiger partial charge in [-0.25, -0.2) is 17.5 Å². The number of benzene rings is 3. The molecule has 18 heteroatoms. The predicted octanol–water partition coefficient (Wildman–Crippen LogP) is 4.27. The minimum atomic E-state index is -5.08. The number of piperazine rings is 1. The number of hydrogen-bond donors (Lipinski definition) is 1. The Kier molecular flexibility index (Phi) is 12.4. The van der Waals surface area contributed by atoms with Gasteiger partial charge in [0.1, 0.15) is 11.5 Å². The van der Waals surface area contributed by atoms with Crippen LogP contribution in [0, 0.1) is 0 Å². The highest BCUT2D eigenvalue weighted by molar-refractivity contribution is 7.93. The van der Waals surface area contributed by atoms with Crippen molar-refractivity contribution in [2.75, 3.05) is 72.4 Å². The van der Waals surface area contributed by atoms with Crippen molar-refractivity contribution < 1.29 is 50.6 Å². The highest BCUT2D eigenvalue weighted by atomic mass is 35.5. The summed E-state index contributed by atoms with van der Waals surface area (Å²) in [6, 6.07) is 15.8. The predicted molar refractivity (Wildman–Crippen MR) is 198 cm³/mol. The number of aliphatic carboxylic acids is 1. The Morgan fingerprint density at radius 3 is 2.15 bits per heavy atom. The van der Waals surface area contributed by atoms with Crippen LogP contribution >= 0.6 is 11.6 Å². The summed E-state index contributed by atoms with van der Waals surface area (Å²) in [6.07, 6.45) is -3.96. The quantitative estimate of drug-likeness (QED) is 0.332. The summed E-state index contributed by atoms with van der Waals surface area (Å²) in [7, 11) is 4.05. The number of nitrogens with zero attached hydrogens (tertiary/aromatic N) is 5. The van der Waals surface area contributed by atoms with Gasteiger partial charge in [-0.1, -0.05) is 17.7 Å². The highest BCUT2D eigenvalue weighted by Gasteiger charge is 2.63. The van der Waals surface area contributed by atoms with Crippen LogP contribution in [-0.4, -0.2) is 131 Å². The molecular weight excluding hydrogens is 767 g/mol. The summed E-state index contributed by atoms with van der Waals surface area (Å²) in [4.78, 5) is 46.2. The van der Waals surface area contributed by atoms with Crippen LogP contribution < -0.4 is 13.8 Å². The molecule has 2 saturated heterocycles. The third-order valence-electron chi connectivity index (χ3n) is 9.97. The number of hydrogen-bond acceptors (Lipinski definition) is 10. The molecule has 0 aromatic heterocycles. The Balaban J connectivity index is 0.000000757. The number of fused-ring (bicyclic) bond motifs is 1. The van der Waals surface area contributed by atoms with Crippen molar-refractivity contribution in [2.24, 2.45) is 0 Å². The van der Waals surface area contributed by atoms with Gasteiger partial charge in [0, 0.05) is 69.5 Å². The standard InChI is InChI=1S/C35H42ClN5O6S.C2HF3O2/c1-37(2)33(42)31-7-6-16-40(31)35(29-21-24(8-15-32(29)47-5)23-39-19-17-38(3)18-20-39)28-22-25(36)9-14-30(28)41(34(35)43)48(44,45)27-12-10-26(46-4)11-13-27;3-2(4,5)1(6)7/h8-15,21-22,31H,6-7,16-20,23H2,1-5H3;(H,6,7)/t31?,35-;/m0./s1. The molecule has 2 fully saturated rings. The Morgan fingerprint density at radius 1 is 0.945 bits per heavy atom. The van der Waals surface area contributed by atoms with E-state index in [0.29, 0.717) is 53.6 Å². The Bertz CT molecular complexity index is 2030. The molecule has 6 rings (SSSR count). The fourth-order valence-electron chi connectivity index (χ4n) is 7.25. The van der Waals surface area contributed by atoms with E-state index in [-0.39, 0.29) is 16.5 Å². The van der Waals surface area contributed by atoms with Crippen molar-refractivity contribution in [3.05, 3.63) is 82.4 Å². The van der Waals surface area contributed by atoms with Crippen LogP contribution in [0.3, 0.4) is 0 Å². The number of halogens is 4. The van der Waals surface area contributed by atoms with E-state index in [4.69, 9.17) is 31.0 Å². The lowest BCUT2D eigenvalue weighted by molar-refractivity contribution is -0.192. The maximum absolute atomic E-state index is 15.5. The number of likely N-dealkylation sites (N-methyl/N-ethyl adjacent to an activating group) is 2. The lowest BCUT2D eigenvalue weighted by Crippen LogP contribution is -2.59. The second-order valence-electron chi connectivity index (χ2n) is 13.6. The molecule has 3 heterocycles. The molecule has 0 aliphatic carbocycles. The zero-order valence-electron chi connectivity index (χ0n) is 31.0. The van der Waals surface area contributed by atoms with Crippen LogP contribution in [0.25, 0.3) is 0 Å². The highest BCUT2D eigenvalue weighted by Crippen LogP contribution is 2.55. The Morgan fingerprint density at radius 2 is 1.58 bits per heavy atom. The van der Waals surface area contributed by atoms with Gasteiger partial charge in [-0.3, -0.25) is 19.4 Å². The van der Waals surface area contributed by atoms with Gasteiger partial charge in [0.25, 0.3) is 15.9 Å². The summed E-state index contributed by atoms with van der Waals surface area (Å²) in [5, 5.41) is 7.46. The van der Waals surface area contributed by atoms with Crippen LogP contribution in [0.5, 0.6) is 11.5 Å². The molecule has 0 spiro atoms. The third-order valence-corrected chi connectivity index (χ3v) is 11.9. The number of anilines is 1. The van der Waals surface area contributed by atoms with E-state index in [1.54, 1.807) is 44.4 Å². The van der Waals surface area contributed by atoms with E-state index in [0.717, 1.165) is 36.0 Å². The molecule has 0 radical (unpaired) electrons. The number of carbonyl (C=O) groups excluding carboxylic acids is 2. The summed E-state index contributed by atoms with van der Waals surface area (Å²) in [5.41, 5.74) is 0.212. The fraction of sp³-hybridized carbons (Fsp3) is 0.432. The Hall–Kier alpha value is -4.42. The normalized spacial score (nSPS) is 20.8. The zero-order chi connectivity index (χ0) is 40.5. The molecule has 1 N–H and O–H groups in total. The average molecular weight is 810 g/mol. The van der Waals surface area contributed by atoms with Gasteiger partial charge in [0.15, 0.2) is 5.54 Å². The number of amides is 2. The van der Waals surface area contributed by atoms with E-state index in [1.807, 2.05) is 23.1 Å². The number of ether oxygens (including phenoxy) is 2. The van der Waals surface area contributed by atoms with Gasteiger partial charge in [-0.15, -0.1) is 0 Å². The van der Waals surface area contributed by atoms with Gasteiger partial charge in [0.05, 0.1) is 30.8 Å². The number of carboxylic acids is 1. The van der Waals surface area contributed by atoms with Crippen molar-refractivity contribution in [3.63, 3.8) is 0 Å². The average Bonchev–Trinajstić information content (AvgIpc) is 3.73. The van der Waals surface area contributed by atoms with Gasteiger partial charge in [-0.2, -0.15) is 13.2 Å². The second-order valence-corrected chi connectivity index (χ2v) is 15.8. The smallest absolute Gasteiger partial charge is 0.490 e. The van der Waals surface area contributed by atoms with Crippen LogP contribution in [0.2, 0.25) is 5.02 Å². The first-order chi connectivity index (χ1) is 25.9. The van der Waals surface area contributed by atoms with E-state index >= 15 is 4.79 Å². The topological polar surface area (TPSA) is 140 Å². The number of sulfonamides is 1. The number of rotatable bonds is 9. The van der Waals surface area contributed by atoms with Crippen molar-refractivity contribution in [2.45, 2.75) is 42.0 Å². The minimum absolute atomic E-state index is 0.0773. The van der Waals surface area contributed by atoms with E-state index in [2.05, 4.69) is 16.8 Å². The summed E-state index contributed by atoms with van der Waals surface area (Å²) >= 11 is 6.67. The third kappa shape index (κ3) is 8.12. The molecule has 0 saturated carbocycles. The van der Waals surface area contributed by atoms with Crippen LogP contribution in [-0.2, 0) is 36.5 Å². The summed E-state index contributed by atoms with van der Waals surface area (Å²) < 4.78 is 72.9. The number of carbonyl (C=O) groups is 3. The van der Waals surface area contributed by atoms with Crippen molar-refractivity contribution in [1.29, 1.82) is 0 Å². The summed E-state index contributed by atoms with van der Waals surface area (Å²) in [6.45, 7) is 4.66. The molecule has 13 nitrogen and oxygen atoms in total. The minimum Gasteiger partial charge on any atom is -0.497 e. The van der Waals surface area contributed by atoms with Gasteiger partial charge >= 0.3 is 12.1 Å². The molecule has 298 valence electrons. The fourth-order valence-corrected chi connectivity index (χ4v) is 8.89. The van der Waals surface area contributed by atoms with Crippen molar-refractivity contribution in [3.8, 4) is 11.5 Å². The van der Waals surface area contributed by atoms with E-state index in [1.165, 1.54) is 31.3 Å². The van der Waals surface area contributed by atoms with E-state index in [9.17, 15) is 26.4 Å². The zero-order valence-corrected chi connectivity index (χ0v) is 32.5. The van der Waals surface area contributed by atoms with Gasteiger partial charge < -0.3 is 24.4 Å². The molecule has 2 amide bonds. The molecule has 3 aromatic rings. The molecule has 3 aromatic carbocycles. The van der Waals surface area contributed by atoms with Gasteiger partial charge in [-0.05, 0) is 80.1 Å². The summed E-state index contributed by atoms with van der Waals surface area (Å²) in [5.74, 6) is -2.76. The van der Waals surface area contributed by atoms with Crippen LogP contribution in [0.1, 0.15) is 29.5 Å². The first-order valence-corrected chi connectivity index (χ1v) is 19.1. The molecule has 2 atom stereocenters. The maximum atomic E-state index is 15.5. The lowest BCUT2D eigenvalue weighted by Gasteiger charge is -2.42. The molecule has 55 heavy (non-hydrogen) atoms. The first-order valence-electron chi connectivity index (χ1n) is 17.3. The number of carboxylic acid groups (broad SMARTS) is 1. The number of likely N-dealkylation sites (tertiary alicyclic amines) is 1. The van der Waals surface area contributed by atoms with Crippen LogP contribution in [0.4, 0.5) is 18.9 Å². The van der Waals surface area contributed by atoms with Gasteiger partial charge in [0.2, 0.25) is 5.91 Å². The number of alkyl halides is 3. The van der Waals surface area contributed by atoms with E-state index < -0.39 is 39.7 Å². The monoisotopic (exact) mass is 809 g/mol.